The molecule has 0 aliphatic rings. The van der Waals surface area contributed by atoms with Crippen molar-refractivity contribution in [2.75, 3.05) is 0 Å². The van der Waals surface area contributed by atoms with E-state index in [4.69, 9.17) is 0 Å². The predicted octanol–water partition coefficient (Wildman–Crippen LogP) is 3.08. The van der Waals surface area contributed by atoms with Crippen molar-refractivity contribution in [2.24, 2.45) is 0 Å². The fourth-order valence-corrected chi connectivity index (χ4v) is 1.30. The topological polar surface area (TPSA) is 12.9 Å². The first-order chi connectivity index (χ1) is 6.40. The van der Waals surface area contributed by atoms with Crippen LogP contribution in [0.25, 0.3) is 17.0 Å². The third-order valence-corrected chi connectivity index (χ3v) is 1.91. The van der Waals surface area contributed by atoms with Crippen LogP contribution in [0.4, 0.5) is 0 Å². The van der Waals surface area contributed by atoms with Crippen molar-refractivity contribution in [2.45, 2.75) is 0 Å². The van der Waals surface area contributed by atoms with E-state index in [1.165, 1.54) is 5.39 Å². The smallest absolute Gasteiger partial charge is 0.0709 e. The third-order valence-electron chi connectivity index (χ3n) is 1.91. The van der Waals surface area contributed by atoms with Crippen molar-refractivity contribution in [3.05, 3.63) is 55.1 Å². The van der Waals surface area contributed by atoms with Crippen molar-refractivity contribution in [1.82, 2.24) is 4.98 Å². The molecule has 0 bridgehead atoms. The Morgan fingerprint density at radius 2 is 1.92 bits per heavy atom. The molecule has 0 spiro atoms. The Kier molecular flexibility index (Phi) is 2.09. The highest BCUT2D eigenvalue weighted by molar-refractivity contribution is 5.79. The van der Waals surface area contributed by atoms with Gasteiger partial charge >= 0.3 is 0 Å². The molecule has 0 saturated carbocycles. The summed E-state index contributed by atoms with van der Waals surface area (Å²) in [6.45, 7) is 3.64. The zero-order valence-corrected chi connectivity index (χ0v) is 7.27. The molecule has 63 valence electrons. The van der Waals surface area contributed by atoms with Crippen LogP contribution < -0.4 is 0 Å². The van der Waals surface area contributed by atoms with Crippen molar-refractivity contribution in [3.8, 4) is 0 Å². The van der Waals surface area contributed by atoms with E-state index in [1.54, 1.807) is 6.08 Å². The number of pyridine rings is 1. The van der Waals surface area contributed by atoms with Gasteiger partial charge < -0.3 is 0 Å². The number of para-hydroxylation sites is 1. The highest BCUT2D eigenvalue weighted by Gasteiger charge is 1.92. The van der Waals surface area contributed by atoms with Gasteiger partial charge in [-0.3, -0.25) is 0 Å². The van der Waals surface area contributed by atoms with Crippen molar-refractivity contribution in [1.29, 1.82) is 0 Å². The molecule has 13 heavy (non-hydrogen) atoms. The van der Waals surface area contributed by atoms with E-state index < -0.39 is 0 Å². The van der Waals surface area contributed by atoms with E-state index in [0.29, 0.717) is 0 Å². The molecular weight excluding hydrogens is 158 g/mol. The summed E-state index contributed by atoms with van der Waals surface area (Å²) in [7, 11) is 0. The number of hydrogen-bond donors (Lipinski definition) is 0. The maximum atomic E-state index is 4.44. The van der Waals surface area contributed by atoms with E-state index in [1.807, 2.05) is 30.3 Å². The van der Waals surface area contributed by atoms with Gasteiger partial charge in [0.1, 0.15) is 0 Å². The van der Waals surface area contributed by atoms with Crippen molar-refractivity contribution < 1.29 is 0 Å². The minimum atomic E-state index is 0.953. The summed E-state index contributed by atoms with van der Waals surface area (Å²) in [6, 6.07) is 12.1. The Hall–Kier alpha value is -1.63. The van der Waals surface area contributed by atoms with Crippen LogP contribution in [0.1, 0.15) is 5.69 Å². The van der Waals surface area contributed by atoms with Crippen LogP contribution in [0.5, 0.6) is 0 Å². The van der Waals surface area contributed by atoms with Crippen LogP contribution in [0.15, 0.2) is 42.5 Å². The van der Waals surface area contributed by atoms with Crippen LogP contribution in [-0.2, 0) is 0 Å². The fraction of sp³-hybridized carbons (Fsp3) is 0. The van der Waals surface area contributed by atoms with Gasteiger partial charge in [0.25, 0.3) is 0 Å². The molecule has 0 N–H and O–H groups in total. The molecule has 1 heterocycles. The van der Waals surface area contributed by atoms with Crippen LogP contribution >= 0.6 is 0 Å². The first-order valence-electron chi connectivity index (χ1n) is 4.22. The molecule has 0 saturated heterocycles. The summed E-state index contributed by atoms with van der Waals surface area (Å²) in [4.78, 5) is 4.44. The van der Waals surface area contributed by atoms with E-state index in [-0.39, 0.29) is 0 Å². The highest BCUT2D eigenvalue weighted by atomic mass is 14.7. The third kappa shape index (κ3) is 1.59. The molecular formula is C12H10N. The minimum absolute atomic E-state index is 0.953. The molecule has 1 aromatic carbocycles. The average molecular weight is 168 g/mol. The van der Waals surface area contributed by atoms with Crippen LogP contribution in [0.2, 0.25) is 0 Å². The molecule has 0 unspecified atom stereocenters. The van der Waals surface area contributed by atoms with Gasteiger partial charge in [-0.05, 0) is 25.1 Å². The summed E-state index contributed by atoms with van der Waals surface area (Å²) >= 11 is 0. The van der Waals surface area contributed by atoms with Crippen LogP contribution in [0, 0.1) is 6.92 Å². The normalized spacial score (nSPS) is 11.2. The monoisotopic (exact) mass is 168 g/mol. The van der Waals surface area contributed by atoms with Crippen LogP contribution in [0.3, 0.4) is 0 Å². The molecule has 1 nitrogen and oxygen atoms in total. The lowest BCUT2D eigenvalue weighted by Crippen LogP contribution is -1.81. The van der Waals surface area contributed by atoms with E-state index in [9.17, 15) is 0 Å². The van der Waals surface area contributed by atoms with Crippen LogP contribution in [-0.4, -0.2) is 4.98 Å². The van der Waals surface area contributed by atoms with Gasteiger partial charge in [0.05, 0.1) is 11.2 Å². The maximum absolute atomic E-state index is 4.44. The van der Waals surface area contributed by atoms with Gasteiger partial charge in [-0.2, -0.15) is 0 Å². The lowest BCUT2D eigenvalue weighted by Gasteiger charge is -1.97. The molecule has 2 rings (SSSR count). The summed E-state index contributed by atoms with van der Waals surface area (Å²) < 4.78 is 0. The van der Waals surface area contributed by atoms with E-state index in [0.717, 1.165) is 11.2 Å². The van der Waals surface area contributed by atoms with Gasteiger partial charge in [0.2, 0.25) is 0 Å². The number of hydrogen-bond acceptors (Lipinski definition) is 1. The second-order valence-electron chi connectivity index (χ2n) is 2.83. The summed E-state index contributed by atoms with van der Waals surface area (Å²) in [6.07, 6.45) is 3.64. The Balaban J connectivity index is 2.62. The van der Waals surface area contributed by atoms with Crippen molar-refractivity contribution >= 4 is 17.0 Å². The average Bonchev–Trinajstić information content (AvgIpc) is 2.18. The number of benzene rings is 1. The fourth-order valence-electron chi connectivity index (χ4n) is 1.30. The van der Waals surface area contributed by atoms with Gasteiger partial charge in [-0.15, -0.1) is 0 Å². The zero-order chi connectivity index (χ0) is 9.10. The molecule has 0 atom stereocenters. The van der Waals surface area contributed by atoms with Crippen molar-refractivity contribution in [3.63, 3.8) is 0 Å². The summed E-state index contributed by atoms with van der Waals surface area (Å²) in [5.74, 6) is 0. The molecule has 0 fully saturated rings. The number of allylic oxidation sites excluding steroid dienone is 1. The lowest BCUT2D eigenvalue weighted by atomic mass is 10.2. The van der Waals surface area contributed by atoms with Gasteiger partial charge in [-0.25, -0.2) is 4.98 Å². The summed E-state index contributed by atoms with van der Waals surface area (Å²) in [5, 5.41) is 1.17. The Bertz CT molecular complexity index is 444. The molecule has 1 radical (unpaired) electrons. The quantitative estimate of drug-likeness (QED) is 0.637. The first kappa shape index (κ1) is 7.99. The molecule has 0 aliphatic carbocycles. The molecule has 1 aromatic heterocycles. The first-order valence-corrected chi connectivity index (χ1v) is 4.22. The largest absolute Gasteiger partial charge is 0.248 e. The second kappa shape index (κ2) is 3.40. The van der Waals surface area contributed by atoms with Gasteiger partial charge in [0.15, 0.2) is 0 Å². The Labute approximate surface area is 77.7 Å². The Morgan fingerprint density at radius 3 is 2.77 bits per heavy atom. The zero-order valence-electron chi connectivity index (χ0n) is 7.27. The number of fused-ring (bicyclic) bond motifs is 1. The van der Waals surface area contributed by atoms with E-state index >= 15 is 0 Å². The number of aromatic nitrogens is 1. The highest BCUT2D eigenvalue weighted by Crippen LogP contribution is 2.12. The molecule has 0 aliphatic heterocycles. The lowest BCUT2D eigenvalue weighted by molar-refractivity contribution is 1.37. The SMILES string of the molecule is [CH2]/C=C/c1ccc2ccccc2n1. The molecule has 1 heteroatoms. The Morgan fingerprint density at radius 1 is 1.08 bits per heavy atom. The van der Waals surface area contributed by atoms with Gasteiger partial charge in [0, 0.05) is 5.39 Å². The predicted molar refractivity (Wildman–Crippen MR) is 56.1 cm³/mol. The number of nitrogens with zero attached hydrogens (tertiary/aromatic N) is 1. The maximum Gasteiger partial charge on any atom is 0.0709 e. The minimum Gasteiger partial charge on any atom is -0.248 e. The number of rotatable bonds is 1. The summed E-state index contributed by atoms with van der Waals surface area (Å²) in [5.41, 5.74) is 1.98. The van der Waals surface area contributed by atoms with Gasteiger partial charge in [-0.1, -0.05) is 30.3 Å². The van der Waals surface area contributed by atoms with E-state index in [2.05, 4.69) is 24.0 Å². The standard InChI is InChI=1S/C12H10N/c1-2-5-11-9-8-10-6-3-4-7-12(10)13-11/h2-9H,1H2/b5-2+. The molecule has 0 amide bonds. The molecule has 2 aromatic rings. The second-order valence-corrected chi connectivity index (χ2v) is 2.83.